The van der Waals surface area contributed by atoms with Crippen molar-refractivity contribution in [2.45, 2.75) is 26.6 Å². The van der Waals surface area contributed by atoms with E-state index in [1.54, 1.807) is 4.52 Å². The van der Waals surface area contributed by atoms with Crippen molar-refractivity contribution >= 4 is 27.9 Å². The molecule has 0 fully saturated rings. The first-order valence-electron chi connectivity index (χ1n) is 6.18. The quantitative estimate of drug-likeness (QED) is 0.741. The van der Waals surface area contributed by atoms with Crippen LogP contribution in [-0.4, -0.2) is 19.8 Å². The lowest BCUT2D eigenvalue weighted by Crippen LogP contribution is -2.01. The number of rotatable bonds is 4. The summed E-state index contributed by atoms with van der Waals surface area (Å²) < 4.78 is 7.57. The van der Waals surface area contributed by atoms with E-state index in [0.717, 1.165) is 26.4 Å². The van der Waals surface area contributed by atoms with E-state index in [1.165, 1.54) is 11.3 Å². The molecule has 0 N–H and O–H groups in total. The predicted molar refractivity (Wildman–Crippen MR) is 78.1 cm³/mol. The molecule has 0 bridgehead atoms. The second-order valence-corrected chi connectivity index (χ2v) is 5.89. The number of hydrogen-bond acceptors (Lipinski definition) is 5. The summed E-state index contributed by atoms with van der Waals surface area (Å²) in [7, 11) is 0. The van der Waals surface area contributed by atoms with Gasteiger partial charge in [-0.25, -0.2) is 0 Å². The van der Waals surface area contributed by atoms with E-state index in [0.29, 0.717) is 6.61 Å². The molecule has 0 amide bonds. The Hall–Kier alpha value is -1.50. The zero-order valence-corrected chi connectivity index (χ0v) is 12.6. The van der Waals surface area contributed by atoms with Crippen molar-refractivity contribution in [3.05, 3.63) is 45.7 Å². The molecule has 1 atom stereocenters. The summed E-state index contributed by atoms with van der Waals surface area (Å²) >= 11 is 7.35. The average molecular weight is 309 g/mol. The van der Waals surface area contributed by atoms with Gasteiger partial charge in [0.15, 0.2) is 5.82 Å². The van der Waals surface area contributed by atoms with Crippen LogP contribution in [0, 0.1) is 6.92 Å². The number of aromatic nitrogens is 4. The Bertz CT molecular complexity index is 722. The maximum absolute atomic E-state index is 5.85. The molecule has 0 spiro atoms. The lowest BCUT2D eigenvalue weighted by molar-refractivity contribution is 0.0518. The fraction of sp³-hybridized carbons (Fsp3) is 0.308. The molecule has 0 aliphatic carbocycles. The van der Waals surface area contributed by atoms with E-state index in [1.807, 2.05) is 38.1 Å². The van der Waals surface area contributed by atoms with Crippen molar-refractivity contribution < 1.29 is 4.74 Å². The molecular weight excluding hydrogens is 296 g/mol. The predicted octanol–water partition coefficient (Wildman–Crippen LogP) is 3.43. The Morgan fingerprint density at radius 1 is 1.30 bits per heavy atom. The molecule has 20 heavy (non-hydrogen) atoms. The minimum atomic E-state index is -0.0863. The van der Waals surface area contributed by atoms with Crippen LogP contribution in [0.3, 0.4) is 0 Å². The molecule has 0 saturated heterocycles. The fourth-order valence-electron chi connectivity index (χ4n) is 1.77. The van der Waals surface area contributed by atoms with Gasteiger partial charge in [-0.05, 0) is 31.5 Å². The third-order valence-electron chi connectivity index (χ3n) is 2.92. The minimum absolute atomic E-state index is 0.0863. The number of benzene rings is 1. The molecule has 0 saturated carbocycles. The van der Waals surface area contributed by atoms with Crippen LogP contribution in [0.25, 0.3) is 4.96 Å². The van der Waals surface area contributed by atoms with Crippen LogP contribution >= 0.6 is 22.9 Å². The van der Waals surface area contributed by atoms with Crippen molar-refractivity contribution in [3.63, 3.8) is 0 Å². The van der Waals surface area contributed by atoms with Crippen LogP contribution in [0.15, 0.2) is 24.3 Å². The summed E-state index contributed by atoms with van der Waals surface area (Å²) in [5, 5.41) is 14.1. The molecule has 0 radical (unpaired) electrons. The van der Waals surface area contributed by atoms with Gasteiger partial charge in [-0.3, -0.25) is 0 Å². The van der Waals surface area contributed by atoms with Crippen molar-refractivity contribution in [2.75, 3.05) is 0 Å². The van der Waals surface area contributed by atoms with E-state index in [2.05, 4.69) is 15.3 Å². The molecule has 5 nitrogen and oxygen atoms in total. The zero-order chi connectivity index (χ0) is 14.1. The van der Waals surface area contributed by atoms with Gasteiger partial charge in [0.25, 0.3) is 0 Å². The standard InChI is InChI=1S/C13H13ClN4OS/c1-8(19-7-10-3-5-11(14)6-4-10)12-17-18-9(2)15-16-13(18)20-12/h3-6,8H,7H2,1-2H3. The molecule has 2 heterocycles. The summed E-state index contributed by atoms with van der Waals surface area (Å²) in [6.45, 7) is 4.39. The highest BCUT2D eigenvalue weighted by atomic mass is 35.5. The number of fused-ring (bicyclic) bond motifs is 1. The number of hydrogen-bond donors (Lipinski definition) is 0. The van der Waals surface area contributed by atoms with Crippen LogP contribution in [-0.2, 0) is 11.3 Å². The Kier molecular flexibility index (Phi) is 3.69. The lowest BCUT2D eigenvalue weighted by Gasteiger charge is -2.09. The normalized spacial score (nSPS) is 12.9. The lowest BCUT2D eigenvalue weighted by atomic mass is 10.2. The van der Waals surface area contributed by atoms with Gasteiger partial charge >= 0.3 is 0 Å². The highest BCUT2D eigenvalue weighted by Gasteiger charge is 2.15. The summed E-state index contributed by atoms with van der Waals surface area (Å²) in [6, 6.07) is 7.63. The summed E-state index contributed by atoms with van der Waals surface area (Å²) in [5.74, 6) is 0.785. The molecular formula is C13H13ClN4OS. The van der Waals surface area contributed by atoms with Gasteiger partial charge in [-0.1, -0.05) is 35.1 Å². The summed E-state index contributed by atoms with van der Waals surface area (Å²) in [5.41, 5.74) is 1.08. The monoisotopic (exact) mass is 308 g/mol. The van der Waals surface area contributed by atoms with E-state index in [4.69, 9.17) is 16.3 Å². The molecule has 1 unspecified atom stereocenters. The number of halogens is 1. The Morgan fingerprint density at radius 2 is 2.05 bits per heavy atom. The van der Waals surface area contributed by atoms with Gasteiger partial charge in [0.2, 0.25) is 4.96 Å². The second kappa shape index (κ2) is 5.47. The number of aryl methyl sites for hydroxylation is 1. The molecule has 104 valence electrons. The third-order valence-corrected chi connectivity index (χ3v) is 4.24. The Labute approximate surface area is 125 Å². The molecule has 3 rings (SSSR count). The third kappa shape index (κ3) is 2.67. The highest BCUT2D eigenvalue weighted by molar-refractivity contribution is 7.16. The average Bonchev–Trinajstić information content (AvgIpc) is 3.01. The van der Waals surface area contributed by atoms with Crippen molar-refractivity contribution in [1.29, 1.82) is 0 Å². The van der Waals surface area contributed by atoms with E-state index in [-0.39, 0.29) is 6.10 Å². The van der Waals surface area contributed by atoms with Crippen LogP contribution in [0.4, 0.5) is 0 Å². The first-order valence-corrected chi connectivity index (χ1v) is 7.38. The minimum Gasteiger partial charge on any atom is -0.367 e. The first kappa shape index (κ1) is 13.5. The van der Waals surface area contributed by atoms with Gasteiger partial charge in [-0.2, -0.15) is 9.61 Å². The molecule has 0 aliphatic rings. The fourth-order valence-corrected chi connectivity index (χ4v) is 2.78. The molecule has 0 aliphatic heterocycles. The number of ether oxygens (including phenoxy) is 1. The van der Waals surface area contributed by atoms with Crippen LogP contribution < -0.4 is 0 Å². The Morgan fingerprint density at radius 3 is 2.75 bits per heavy atom. The van der Waals surface area contributed by atoms with Gasteiger partial charge < -0.3 is 4.74 Å². The Balaban J connectivity index is 1.69. The number of nitrogens with zero attached hydrogens (tertiary/aromatic N) is 4. The van der Waals surface area contributed by atoms with Gasteiger partial charge in [0.1, 0.15) is 11.1 Å². The van der Waals surface area contributed by atoms with Crippen LogP contribution in [0.2, 0.25) is 5.02 Å². The molecule has 2 aromatic heterocycles. The van der Waals surface area contributed by atoms with Crippen LogP contribution in [0.5, 0.6) is 0 Å². The van der Waals surface area contributed by atoms with Gasteiger partial charge in [0, 0.05) is 5.02 Å². The van der Waals surface area contributed by atoms with E-state index < -0.39 is 0 Å². The van der Waals surface area contributed by atoms with E-state index in [9.17, 15) is 0 Å². The van der Waals surface area contributed by atoms with Crippen molar-refractivity contribution in [1.82, 2.24) is 19.8 Å². The SMILES string of the molecule is Cc1nnc2sc(C(C)OCc3ccc(Cl)cc3)nn12. The molecule has 3 aromatic rings. The van der Waals surface area contributed by atoms with Gasteiger partial charge in [-0.15, -0.1) is 10.2 Å². The van der Waals surface area contributed by atoms with Crippen LogP contribution in [0.1, 0.15) is 29.4 Å². The second-order valence-electron chi connectivity index (χ2n) is 4.46. The highest BCUT2D eigenvalue weighted by Crippen LogP contribution is 2.24. The van der Waals surface area contributed by atoms with E-state index >= 15 is 0 Å². The van der Waals surface area contributed by atoms with Crippen molar-refractivity contribution in [3.8, 4) is 0 Å². The largest absolute Gasteiger partial charge is 0.367 e. The molecule has 7 heteroatoms. The first-order chi connectivity index (χ1) is 9.63. The van der Waals surface area contributed by atoms with Crippen molar-refractivity contribution in [2.24, 2.45) is 0 Å². The smallest absolute Gasteiger partial charge is 0.234 e. The summed E-state index contributed by atoms with van der Waals surface area (Å²) in [4.78, 5) is 0.791. The summed E-state index contributed by atoms with van der Waals surface area (Å²) in [6.07, 6.45) is -0.0863. The maximum atomic E-state index is 5.85. The van der Waals surface area contributed by atoms with Gasteiger partial charge in [0.05, 0.1) is 6.61 Å². The maximum Gasteiger partial charge on any atom is 0.234 e. The topological polar surface area (TPSA) is 52.3 Å². The zero-order valence-electron chi connectivity index (χ0n) is 11.1. The molecule has 1 aromatic carbocycles.